The molecule has 0 aliphatic rings. The lowest BCUT2D eigenvalue weighted by Crippen LogP contribution is -1.99. The van der Waals surface area contributed by atoms with Crippen molar-refractivity contribution in [2.24, 2.45) is 0 Å². The number of furan rings is 1. The standard InChI is InChI=1S/C33H16N4O/c34-17-20-8-11-31-25(14-20)24-4-1-2-6-29(24)37(31)30-7-3-5-23(28(30)19-36)22-10-13-33-27(16-22)26-15-21(18-35)9-12-32(26)38-33/h1-16H. The van der Waals surface area contributed by atoms with Gasteiger partial charge in [0.05, 0.1) is 45.5 Å². The average Bonchev–Trinajstić information content (AvgIpc) is 3.50. The third kappa shape index (κ3) is 3.02. The maximum absolute atomic E-state index is 10.4. The fraction of sp³-hybridized carbons (Fsp3) is 0. The summed E-state index contributed by atoms with van der Waals surface area (Å²) in [7, 11) is 0. The largest absolute Gasteiger partial charge is 0.456 e. The van der Waals surface area contributed by atoms with Gasteiger partial charge in [-0.3, -0.25) is 0 Å². The molecule has 2 aromatic heterocycles. The first-order valence-corrected chi connectivity index (χ1v) is 12.0. The predicted octanol–water partition coefficient (Wildman–Crippen LogP) is 7.97. The van der Waals surface area contributed by atoms with E-state index in [1.165, 1.54) is 0 Å². The predicted molar refractivity (Wildman–Crippen MR) is 148 cm³/mol. The Kier molecular flexibility index (Phi) is 4.57. The summed E-state index contributed by atoms with van der Waals surface area (Å²) in [6.45, 7) is 0. The topological polar surface area (TPSA) is 89.4 Å². The molecule has 0 atom stereocenters. The van der Waals surface area contributed by atoms with Crippen LogP contribution in [0.25, 0.3) is 60.6 Å². The van der Waals surface area contributed by atoms with E-state index in [1.807, 2.05) is 84.9 Å². The van der Waals surface area contributed by atoms with Crippen molar-refractivity contribution in [2.75, 3.05) is 0 Å². The SMILES string of the molecule is N#Cc1ccc2oc3ccc(-c4cccc(-n5c6ccccc6c6cc(C#N)ccc65)c4C#N)cc3c2c1. The molecule has 7 rings (SSSR count). The summed E-state index contributed by atoms with van der Waals surface area (Å²) in [5.74, 6) is 0. The van der Waals surface area contributed by atoms with Crippen LogP contribution in [0.2, 0.25) is 0 Å². The Labute approximate surface area is 217 Å². The molecule has 38 heavy (non-hydrogen) atoms. The van der Waals surface area contributed by atoms with Crippen LogP contribution in [-0.2, 0) is 0 Å². The van der Waals surface area contributed by atoms with Gasteiger partial charge in [0, 0.05) is 27.1 Å². The summed E-state index contributed by atoms with van der Waals surface area (Å²) in [5.41, 5.74) is 7.49. The van der Waals surface area contributed by atoms with Crippen LogP contribution >= 0.6 is 0 Å². The molecule has 5 nitrogen and oxygen atoms in total. The van der Waals surface area contributed by atoms with E-state index in [0.29, 0.717) is 22.3 Å². The van der Waals surface area contributed by atoms with Crippen molar-refractivity contribution in [2.45, 2.75) is 0 Å². The number of hydrogen-bond donors (Lipinski definition) is 0. The molecule has 0 saturated carbocycles. The first kappa shape index (κ1) is 21.5. The van der Waals surface area contributed by atoms with Crippen LogP contribution < -0.4 is 0 Å². The zero-order valence-corrected chi connectivity index (χ0v) is 19.9. The second-order valence-corrected chi connectivity index (χ2v) is 9.14. The first-order valence-electron chi connectivity index (χ1n) is 12.0. The highest BCUT2D eigenvalue weighted by molar-refractivity contribution is 6.10. The van der Waals surface area contributed by atoms with E-state index in [-0.39, 0.29) is 0 Å². The molecule has 0 unspecified atom stereocenters. The van der Waals surface area contributed by atoms with Gasteiger partial charge in [0.2, 0.25) is 0 Å². The molecule has 7 aromatic rings. The van der Waals surface area contributed by atoms with E-state index >= 15 is 0 Å². The zero-order valence-electron chi connectivity index (χ0n) is 19.9. The third-order valence-electron chi connectivity index (χ3n) is 7.11. The summed E-state index contributed by atoms with van der Waals surface area (Å²) in [4.78, 5) is 0. The molecule has 0 aliphatic carbocycles. The van der Waals surface area contributed by atoms with Crippen LogP contribution in [0, 0.1) is 34.0 Å². The van der Waals surface area contributed by atoms with Crippen molar-refractivity contribution in [3.8, 4) is 35.0 Å². The van der Waals surface area contributed by atoms with Gasteiger partial charge in [-0.25, -0.2) is 0 Å². The number of para-hydroxylation sites is 1. The summed E-state index contributed by atoms with van der Waals surface area (Å²) < 4.78 is 8.09. The second-order valence-electron chi connectivity index (χ2n) is 9.14. The maximum Gasteiger partial charge on any atom is 0.135 e. The van der Waals surface area contributed by atoms with Crippen LogP contribution in [0.1, 0.15) is 16.7 Å². The molecule has 5 aromatic carbocycles. The average molecular weight is 485 g/mol. The van der Waals surface area contributed by atoms with E-state index in [9.17, 15) is 15.8 Å². The molecule has 0 amide bonds. The van der Waals surface area contributed by atoms with Gasteiger partial charge in [-0.2, -0.15) is 15.8 Å². The summed E-state index contributed by atoms with van der Waals surface area (Å²) >= 11 is 0. The van der Waals surface area contributed by atoms with Gasteiger partial charge in [-0.05, 0) is 66.2 Å². The lowest BCUT2D eigenvalue weighted by atomic mass is 9.97. The van der Waals surface area contributed by atoms with Crippen LogP contribution in [-0.4, -0.2) is 4.57 Å². The number of fused-ring (bicyclic) bond motifs is 6. The highest BCUT2D eigenvalue weighted by atomic mass is 16.3. The molecular formula is C33H16N4O. The third-order valence-corrected chi connectivity index (χ3v) is 7.11. The smallest absolute Gasteiger partial charge is 0.135 e. The number of nitrogens with zero attached hydrogens (tertiary/aromatic N) is 4. The van der Waals surface area contributed by atoms with Crippen LogP contribution in [0.5, 0.6) is 0 Å². The Bertz CT molecular complexity index is 2230. The Morgan fingerprint density at radius 3 is 2.03 bits per heavy atom. The number of nitriles is 3. The fourth-order valence-electron chi connectivity index (χ4n) is 5.40. The molecule has 0 radical (unpaired) electrons. The summed E-state index contributed by atoms with van der Waals surface area (Å²) in [6, 6.07) is 37.7. The van der Waals surface area contributed by atoms with Gasteiger partial charge in [0.1, 0.15) is 17.2 Å². The minimum atomic E-state index is 0.546. The lowest BCUT2D eigenvalue weighted by molar-refractivity contribution is 0.669. The Morgan fingerprint density at radius 1 is 0.553 bits per heavy atom. The molecular weight excluding hydrogens is 468 g/mol. The molecule has 5 heteroatoms. The van der Waals surface area contributed by atoms with Gasteiger partial charge >= 0.3 is 0 Å². The molecule has 0 saturated heterocycles. The van der Waals surface area contributed by atoms with Gasteiger partial charge < -0.3 is 8.98 Å². The first-order chi connectivity index (χ1) is 18.7. The van der Waals surface area contributed by atoms with Crippen molar-refractivity contribution >= 4 is 43.7 Å². The van der Waals surface area contributed by atoms with Gasteiger partial charge in [0.15, 0.2) is 0 Å². The van der Waals surface area contributed by atoms with Gasteiger partial charge in [0.25, 0.3) is 0 Å². The maximum atomic E-state index is 10.4. The highest BCUT2D eigenvalue weighted by Gasteiger charge is 2.18. The monoisotopic (exact) mass is 484 g/mol. The van der Waals surface area contributed by atoms with E-state index in [4.69, 9.17) is 4.42 Å². The fourth-order valence-corrected chi connectivity index (χ4v) is 5.40. The van der Waals surface area contributed by atoms with Crippen molar-refractivity contribution in [1.82, 2.24) is 4.57 Å². The Morgan fingerprint density at radius 2 is 1.24 bits per heavy atom. The normalized spacial score (nSPS) is 11.1. The van der Waals surface area contributed by atoms with Crippen molar-refractivity contribution in [3.63, 3.8) is 0 Å². The number of hydrogen-bond acceptors (Lipinski definition) is 4. The second kappa shape index (κ2) is 8.10. The number of benzene rings is 5. The van der Waals surface area contributed by atoms with Crippen LogP contribution in [0.4, 0.5) is 0 Å². The number of rotatable bonds is 2. The van der Waals surface area contributed by atoms with Gasteiger partial charge in [-0.15, -0.1) is 0 Å². The Balaban J connectivity index is 1.50. The molecule has 0 spiro atoms. The minimum Gasteiger partial charge on any atom is -0.456 e. The van der Waals surface area contributed by atoms with E-state index in [0.717, 1.165) is 55.0 Å². The molecule has 0 aliphatic heterocycles. The number of aromatic nitrogens is 1. The molecule has 2 heterocycles. The zero-order chi connectivity index (χ0) is 25.8. The van der Waals surface area contributed by atoms with Gasteiger partial charge in [-0.1, -0.05) is 36.4 Å². The van der Waals surface area contributed by atoms with Crippen molar-refractivity contribution in [1.29, 1.82) is 15.8 Å². The molecule has 174 valence electrons. The van der Waals surface area contributed by atoms with Crippen LogP contribution in [0.3, 0.4) is 0 Å². The van der Waals surface area contributed by atoms with E-state index < -0.39 is 0 Å². The summed E-state index contributed by atoms with van der Waals surface area (Å²) in [5, 5.41) is 33.0. The van der Waals surface area contributed by atoms with E-state index in [1.54, 1.807) is 12.1 Å². The van der Waals surface area contributed by atoms with Crippen molar-refractivity contribution < 1.29 is 4.42 Å². The Hall–Kier alpha value is -5.83. The van der Waals surface area contributed by atoms with Crippen molar-refractivity contribution in [3.05, 3.63) is 114 Å². The molecule has 0 N–H and O–H groups in total. The quantitative estimate of drug-likeness (QED) is 0.249. The van der Waals surface area contributed by atoms with E-state index in [2.05, 4.69) is 22.8 Å². The lowest BCUT2D eigenvalue weighted by Gasteiger charge is -2.13. The summed E-state index contributed by atoms with van der Waals surface area (Å²) in [6.07, 6.45) is 0. The molecule has 0 bridgehead atoms. The minimum absolute atomic E-state index is 0.546. The highest BCUT2D eigenvalue weighted by Crippen LogP contribution is 2.38. The molecule has 0 fully saturated rings. The van der Waals surface area contributed by atoms with Crippen LogP contribution in [0.15, 0.2) is 101 Å².